The van der Waals surface area contributed by atoms with Gasteiger partial charge in [0.1, 0.15) is 6.07 Å². The van der Waals surface area contributed by atoms with E-state index in [0.29, 0.717) is 5.01 Å². The lowest BCUT2D eigenvalue weighted by Gasteiger charge is -1.83. The van der Waals surface area contributed by atoms with Gasteiger partial charge in [0.2, 0.25) is 5.71 Å². The van der Waals surface area contributed by atoms with Crippen molar-refractivity contribution in [2.24, 2.45) is 5.16 Å². The van der Waals surface area contributed by atoms with Crippen molar-refractivity contribution in [1.82, 2.24) is 4.98 Å². The number of para-hydroxylation sites is 1. The summed E-state index contributed by atoms with van der Waals surface area (Å²) in [5, 5.41) is 20.5. The number of nitriles is 1. The second kappa shape index (κ2) is 3.44. The van der Waals surface area contributed by atoms with E-state index in [2.05, 4.69) is 10.1 Å². The number of aromatic nitrogens is 1. The maximum atomic E-state index is 8.63. The van der Waals surface area contributed by atoms with Crippen LogP contribution in [0.3, 0.4) is 0 Å². The van der Waals surface area contributed by atoms with Crippen molar-refractivity contribution in [2.75, 3.05) is 0 Å². The fraction of sp³-hybridized carbons (Fsp3) is 0. The molecular weight excluding hydrogens is 198 g/mol. The summed E-state index contributed by atoms with van der Waals surface area (Å²) in [6.07, 6.45) is 0. The van der Waals surface area contributed by atoms with Crippen molar-refractivity contribution >= 4 is 27.3 Å². The highest BCUT2D eigenvalue weighted by atomic mass is 32.1. The number of hydrogen-bond donors (Lipinski definition) is 1. The molecule has 14 heavy (non-hydrogen) atoms. The molecule has 0 aliphatic carbocycles. The Bertz CT molecular complexity index is 505. The lowest BCUT2D eigenvalue weighted by atomic mass is 10.3. The predicted octanol–water partition coefficient (Wildman–Crippen LogP) is 2.00. The number of fused-ring (bicyclic) bond motifs is 1. The van der Waals surface area contributed by atoms with Crippen LogP contribution in [0.5, 0.6) is 0 Å². The predicted molar refractivity (Wildman–Crippen MR) is 53.6 cm³/mol. The number of nitrogens with zero attached hydrogens (tertiary/aromatic N) is 3. The Hall–Kier alpha value is -1.93. The Labute approximate surface area is 83.7 Å². The van der Waals surface area contributed by atoms with Gasteiger partial charge in [-0.3, -0.25) is 0 Å². The Morgan fingerprint density at radius 3 is 2.93 bits per heavy atom. The zero-order chi connectivity index (χ0) is 9.97. The van der Waals surface area contributed by atoms with Crippen molar-refractivity contribution in [3.8, 4) is 6.07 Å². The third-order valence-corrected chi connectivity index (χ3v) is 2.75. The van der Waals surface area contributed by atoms with Crippen LogP contribution in [0.25, 0.3) is 10.2 Å². The van der Waals surface area contributed by atoms with E-state index in [1.54, 1.807) is 6.07 Å². The summed E-state index contributed by atoms with van der Waals surface area (Å²) >= 11 is 1.33. The van der Waals surface area contributed by atoms with Crippen LogP contribution in [0.2, 0.25) is 0 Å². The lowest BCUT2D eigenvalue weighted by molar-refractivity contribution is 0.320. The van der Waals surface area contributed by atoms with Gasteiger partial charge >= 0.3 is 0 Å². The Morgan fingerprint density at radius 2 is 2.29 bits per heavy atom. The molecule has 0 bridgehead atoms. The van der Waals surface area contributed by atoms with Gasteiger partial charge in [0.05, 0.1) is 10.2 Å². The van der Waals surface area contributed by atoms with E-state index in [4.69, 9.17) is 10.5 Å². The van der Waals surface area contributed by atoms with Gasteiger partial charge in [-0.15, -0.1) is 11.3 Å². The van der Waals surface area contributed by atoms with Crippen LogP contribution >= 0.6 is 11.3 Å². The largest absolute Gasteiger partial charge is 0.410 e. The van der Waals surface area contributed by atoms with Gasteiger partial charge in [0, 0.05) is 0 Å². The highest BCUT2D eigenvalue weighted by Gasteiger charge is 2.09. The second-order valence-corrected chi connectivity index (χ2v) is 3.58. The van der Waals surface area contributed by atoms with Gasteiger partial charge in [0.25, 0.3) is 0 Å². The minimum absolute atomic E-state index is 0.0498. The molecule has 1 aromatic heterocycles. The summed E-state index contributed by atoms with van der Waals surface area (Å²) in [7, 11) is 0. The number of rotatable bonds is 1. The van der Waals surface area contributed by atoms with Gasteiger partial charge in [-0.1, -0.05) is 17.3 Å². The first kappa shape index (κ1) is 8.66. The fourth-order valence-electron chi connectivity index (χ4n) is 1.09. The smallest absolute Gasteiger partial charge is 0.215 e. The molecule has 0 fully saturated rings. The Morgan fingerprint density at radius 1 is 1.50 bits per heavy atom. The van der Waals surface area contributed by atoms with E-state index in [1.807, 2.05) is 24.3 Å². The van der Waals surface area contributed by atoms with Gasteiger partial charge in [-0.05, 0) is 12.1 Å². The SMILES string of the molecule is N#C/C(=N\O)c1nc2ccccc2s1. The second-order valence-electron chi connectivity index (χ2n) is 2.55. The summed E-state index contributed by atoms with van der Waals surface area (Å²) in [6.45, 7) is 0. The Kier molecular flexibility index (Phi) is 2.13. The van der Waals surface area contributed by atoms with Crippen molar-refractivity contribution in [3.63, 3.8) is 0 Å². The van der Waals surface area contributed by atoms with E-state index in [9.17, 15) is 0 Å². The zero-order valence-electron chi connectivity index (χ0n) is 7.01. The molecular formula is C9H5N3OS. The molecule has 0 aliphatic rings. The first-order valence-electron chi connectivity index (χ1n) is 3.83. The van der Waals surface area contributed by atoms with Gasteiger partial charge in [0.15, 0.2) is 5.01 Å². The molecule has 1 N–H and O–H groups in total. The third kappa shape index (κ3) is 1.32. The molecule has 0 radical (unpaired) electrons. The Balaban J connectivity index is 2.62. The number of hydrogen-bond acceptors (Lipinski definition) is 5. The van der Waals surface area contributed by atoms with Crippen LogP contribution in [0.15, 0.2) is 29.4 Å². The van der Waals surface area contributed by atoms with Crippen molar-refractivity contribution in [1.29, 1.82) is 5.26 Å². The monoisotopic (exact) mass is 203 g/mol. The first-order chi connectivity index (χ1) is 6.85. The maximum Gasteiger partial charge on any atom is 0.215 e. The van der Waals surface area contributed by atoms with Gasteiger partial charge in [-0.25, -0.2) is 4.98 Å². The van der Waals surface area contributed by atoms with E-state index in [1.165, 1.54) is 11.3 Å². The van der Waals surface area contributed by atoms with Crippen molar-refractivity contribution < 1.29 is 5.21 Å². The molecule has 0 unspecified atom stereocenters. The zero-order valence-corrected chi connectivity index (χ0v) is 7.82. The van der Waals surface area contributed by atoms with Crippen molar-refractivity contribution in [3.05, 3.63) is 29.3 Å². The number of oxime groups is 1. The summed E-state index contributed by atoms with van der Waals surface area (Å²) in [5.74, 6) is 0. The average Bonchev–Trinajstić information content (AvgIpc) is 2.63. The molecule has 0 atom stereocenters. The normalized spacial score (nSPS) is 11.5. The molecule has 2 rings (SSSR count). The van der Waals surface area contributed by atoms with E-state index < -0.39 is 0 Å². The summed E-state index contributed by atoms with van der Waals surface area (Å²) in [6, 6.07) is 9.30. The lowest BCUT2D eigenvalue weighted by Crippen LogP contribution is -1.94. The summed E-state index contributed by atoms with van der Waals surface area (Å²) in [4.78, 5) is 4.16. The summed E-state index contributed by atoms with van der Waals surface area (Å²) < 4.78 is 0.971. The van der Waals surface area contributed by atoms with Crippen LogP contribution in [0.4, 0.5) is 0 Å². The molecule has 2 aromatic rings. The van der Waals surface area contributed by atoms with Crippen LogP contribution in [-0.2, 0) is 0 Å². The van der Waals surface area contributed by atoms with E-state index >= 15 is 0 Å². The number of benzene rings is 1. The fourth-order valence-corrected chi connectivity index (χ4v) is 1.99. The van der Waals surface area contributed by atoms with Crippen LogP contribution in [0.1, 0.15) is 5.01 Å². The summed E-state index contributed by atoms with van der Waals surface area (Å²) in [5.41, 5.74) is 0.759. The molecule has 0 saturated heterocycles. The molecule has 1 heterocycles. The molecule has 4 nitrogen and oxygen atoms in total. The van der Waals surface area contributed by atoms with Crippen molar-refractivity contribution in [2.45, 2.75) is 0 Å². The van der Waals surface area contributed by atoms with E-state index in [-0.39, 0.29) is 5.71 Å². The maximum absolute atomic E-state index is 8.63. The molecule has 0 spiro atoms. The van der Waals surface area contributed by atoms with Gasteiger partial charge in [-0.2, -0.15) is 5.26 Å². The average molecular weight is 203 g/mol. The topological polar surface area (TPSA) is 69.3 Å². The third-order valence-electron chi connectivity index (χ3n) is 1.70. The highest BCUT2D eigenvalue weighted by Crippen LogP contribution is 2.21. The van der Waals surface area contributed by atoms with Crippen LogP contribution in [0, 0.1) is 11.3 Å². The van der Waals surface area contributed by atoms with Gasteiger partial charge < -0.3 is 5.21 Å². The molecule has 0 aliphatic heterocycles. The first-order valence-corrected chi connectivity index (χ1v) is 4.65. The van der Waals surface area contributed by atoms with Crippen LogP contribution in [-0.4, -0.2) is 15.9 Å². The number of thiazole rings is 1. The molecule has 68 valence electrons. The van der Waals surface area contributed by atoms with E-state index in [0.717, 1.165) is 10.2 Å². The van der Waals surface area contributed by atoms with Crippen LogP contribution < -0.4 is 0 Å². The minimum Gasteiger partial charge on any atom is -0.410 e. The molecule has 1 aromatic carbocycles. The highest BCUT2D eigenvalue weighted by molar-refractivity contribution is 7.20. The molecule has 0 saturated carbocycles. The quantitative estimate of drug-likeness (QED) is 0.437. The molecule has 5 heteroatoms. The molecule has 0 amide bonds. The minimum atomic E-state index is -0.0498. The standard InChI is InChI=1S/C9H5N3OS/c10-5-7(12-13)9-11-6-3-1-2-4-8(6)14-9/h1-4,13H/b12-7+.